The summed E-state index contributed by atoms with van der Waals surface area (Å²) >= 11 is 0. The summed E-state index contributed by atoms with van der Waals surface area (Å²) in [5.74, 6) is 1.01. The highest BCUT2D eigenvalue weighted by molar-refractivity contribution is 6.06. The molecule has 1 amide bonds. The van der Waals surface area contributed by atoms with Gasteiger partial charge in [-0.3, -0.25) is 9.78 Å². The summed E-state index contributed by atoms with van der Waals surface area (Å²) in [4.78, 5) is 18.9. The van der Waals surface area contributed by atoms with Crippen LogP contribution in [0.1, 0.15) is 23.2 Å². The number of carbonyl (C=O) groups excluding carboxylic acids is 1. The topological polar surface area (TPSA) is 60.9 Å². The molecule has 1 atom stereocenters. The van der Waals surface area contributed by atoms with E-state index >= 15 is 0 Å². The molecule has 132 valence electrons. The second-order valence-electron chi connectivity index (χ2n) is 5.83. The molecule has 1 aliphatic rings. The maximum Gasteiger partial charge on any atom is 0.258 e. The van der Waals surface area contributed by atoms with Crippen LogP contribution in [0.5, 0.6) is 11.5 Å². The van der Waals surface area contributed by atoms with Crippen LogP contribution in [0.25, 0.3) is 0 Å². The van der Waals surface area contributed by atoms with Crippen molar-refractivity contribution in [1.29, 1.82) is 0 Å². The molecule has 25 heavy (non-hydrogen) atoms. The summed E-state index contributed by atoms with van der Waals surface area (Å²) in [5, 5.41) is 0. The van der Waals surface area contributed by atoms with Gasteiger partial charge in [-0.15, -0.1) is 0 Å². The van der Waals surface area contributed by atoms with Crippen LogP contribution in [0.2, 0.25) is 0 Å². The minimum Gasteiger partial charge on any atom is -0.493 e. The summed E-state index contributed by atoms with van der Waals surface area (Å²) in [6.45, 7) is 1.26. The van der Waals surface area contributed by atoms with E-state index in [1.165, 1.54) is 0 Å². The number of methoxy groups -OCH3 is 2. The van der Waals surface area contributed by atoms with Crippen LogP contribution in [0.3, 0.4) is 0 Å². The van der Waals surface area contributed by atoms with Crippen molar-refractivity contribution in [3.05, 3.63) is 48.3 Å². The first-order valence-electron chi connectivity index (χ1n) is 8.28. The van der Waals surface area contributed by atoms with Crippen molar-refractivity contribution in [3.63, 3.8) is 0 Å². The minimum atomic E-state index is -0.109. The maximum absolute atomic E-state index is 13.2. The van der Waals surface area contributed by atoms with E-state index in [9.17, 15) is 4.79 Å². The van der Waals surface area contributed by atoms with Gasteiger partial charge >= 0.3 is 0 Å². The van der Waals surface area contributed by atoms with E-state index in [0.717, 1.165) is 25.1 Å². The van der Waals surface area contributed by atoms with Crippen molar-refractivity contribution < 1.29 is 19.0 Å². The van der Waals surface area contributed by atoms with Gasteiger partial charge in [0.15, 0.2) is 11.5 Å². The molecule has 0 bridgehead atoms. The van der Waals surface area contributed by atoms with E-state index in [1.54, 1.807) is 49.7 Å². The van der Waals surface area contributed by atoms with Crippen molar-refractivity contribution in [2.45, 2.75) is 18.9 Å². The summed E-state index contributed by atoms with van der Waals surface area (Å²) in [5.41, 5.74) is 1.33. The number of rotatable bonds is 6. The SMILES string of the molecule is COc1ccc(C(=O)N(C[C@H]2CCCO2)c2ccncc2)cc1OC. The fourth-order valence-electron chi connectivity index (χ4n) is 2.95. The Labute approximate surface area is 147 Å². The van der Waals surface area contributed by atoms with E-state index in [1.807, 2.05) is 12.1 Å². The third kappa shape index (κ3) is 3.91. The molecule has 6 heteroatoms. The van der Waals surface area contributed by atoms with Gasteiger partial charge in [-0.1, -0.05) is 0 Å². The molecule has 3 rings (SSSR count). The second kappa shape index (κ2) is 7.98. The van der Waals surface area contributed by atoms with Gasteiger partial charge < -0.3 is 19.1 Å². The zero-order valence-electron chi connectivity index (χ0n) is 14.5. The van der Waals surface area contributed by atoms with E-state index < -0.39 is 0 Å². The normalized spacial score (nSPS) is 16.5. The Hall–Kier alpha value is -2.60. The summed E-state index contributed by atoms with van der Waals surface area (Å²) in [6, 6.07) is 8.84. The predicted octanol–water partition coefficient (Wildman–Crippen LogP) is 2.92. The molecule has 1 saturated heterocycles. The van der Waals surface area contributed by atoms with Crippen molar-refractivity contribution in [1.82, 2.24) is 4.98 Å². The molecule has 0 radical (unpaired) electrons. The van der Waals surface area contributed by atoms with Crippen LogP contribution >= 0.6 is 0 Å². The second-order valence-corrected chi connectivity index (χ2v) is 5.83. The highest BCUT2D eigenvalue weighted by Crippen LogP contribution is 2.29. The number of hydrogen-bond donors (Lipinski definition) is 0. The number of ether oxygens (including phenoxy) is 3. The van der Waals surface area contributed by atoms with E-state index in [0.29, 0.717) is 23.6 Å². The lowest BCUT2D eigenvalue weighted by atomic mass is 10.1. The van der Waals surface area contributed by atoms with Crippen molar-refractivity contribution in [2.24, 2.45) is 0 Å². The Bertz CT molecular complexity index is 715. The monoisotopic (exact) mass is 342 g/mol. The van der Waals surface area contributed by atoms with Gasteiger partial charge in [0.1, 0.15) is 0 Å². The molecule has 2 aromatic rings. The third-order valence-corrected chi connectivity index (χ3v) is 4.26. The van der Waals surface area contributed by atoms with Crippen molar-refractivity contribution in [3.8, 4) is 11.5 Å². The van der Waals surface area contributed by atoms with Gasteiger partial charge in [0.25, 0.3) is 5.91 Å². The number of pyridine rings is 1. The number of anilines is 1. The first kappa shape index (κ1) is 17.2. The van der Waals surface area contributed by atoms with Gasteiger partial charge in [-0.25, -0.2) is 0 Å². The van der Waals surface area contributed by atoms with E-state index in [-0.39, 0.29) is 12.0 Å². The zero-order chi connectivity index (χ0) is 17.6. The first-order valence-corrected chi connectivity index (χ1v) is 8.28. The summed E-state index contributed by atoms with van der Waals surface area (Å²) < 4.78 is 16.3. The molecule has 1 fully saturated rings. The van der Waals surface area contributed by atoms with Crippen LogP contribution in [-0.2, 0) is 4.74 Å². The number of nitrogens with zero attached hydrogens (tertiary/aromatic N) is 2. The van der Waals surface area contributed by atoms with Crippen molar-refractivity contribution >= 4 is 11.6 Å². The van der Waals surface area contributed by atoms with E-state index in [2.05, 4.69) is 4.98 Å². The van der Waals surface area contributed by atoms with Crippen LogP contribution in [0.4, 0.5) is 5.69 Å². The molecule has 0 unspecified atom stereocenters. The Morgan fingerprint density at radius 2 is 1.96 bits per heavy atom. The molecule has 0 spiro atoms. The Morgan fingerprint density at radius 3 is 2.60 bits per heavy atom. The van der Waals surface area contributed by atoms with Crippen LogP contribution in [0.15, 0.2) is 42.7 Å². The van der Waals surface area contributed by atoms with Gasteiger partial charge in [-0.2, -0.15) is 0 Å². The lowest BCUT2D eigenvalue weighted by molar-refractivity contribution is 0.0917. The number of carbonyl (C=O) groups is 1. The molecule has 0 saturated carbocycles. The maximum atomic E-state index is 13.2. The number of benzene rings is 1. The zero-order valence-corrected chi connectivity index (χ0v) is 14.5. The van der Waals surface area contributed by atoms with Gasteiger partial charge in [0, 0.05) is 30.3 Å². The predicted molar refractivity (Wildman–Crippen MR) is 94.4 cm³/mol. The number of amides is 1. The summed E-state index contributed by atoms with van der Waals surface area (Å²) in [7, 11) is 3.12. The van der Waals surface area contributed by atoms with Gasteiger partial charge in [0.2, 0.25) is 0 Å². The van der Waals surface area contributed by atoms with Crippen LogP contribution in [0, 0.1) is 0 Å². The molecule has 1 aromatic heterocycles. The minimum absolute atomic E-state index is 0.0530. The Morgan fingerprint density at radius 1 is 1.20 bits per heavy atom. The molecule has 1 aliphatic heterocycles. The third-order valence-electron chi connectivity index (χ3n) is 4.26. The first-order chi connectivity index (χ1) is 12.2. The van der Waals surface area contributed by atoms with Crippen LogP contribution in [-0.4, -0.2) is 44.4 Å². The largest absolute Gasteiger partial charge is 0.493 e. The Balaban J connectivity index is 1.90. The quantitative estimate of drug-likeness (QED) is 0.808. The standard InChI is InChI=1S/C19H22N2O4/c1-23-17-6-5-14(12-18(17)24-2)19(22)21(13-16-4-3-11-25-16)15-7-9-20-10-8-15/h5-10,12,16H,3-4,11,13H2,1-2H3/t16-/m1/s1. The number of aromatic nitrogens is 1. The molecular weight excluding hydrogens is 320 g/mol. The van der Waals surface area contributed by atoms with Gasteiger partial charge in [-0.05, 0) is 43.2 Å². The fraction of sp³-hybridized carbons (Fsp3) is 0.368. The average molecular weight is 342 g/mol. The molecule has 2 heterocycles. The van der Waals surface area contributed by atoms with Crippen molar-refractivity contribution in [2.75, 3.05) is 32.3 Å². The highest BCUT2D eigenvalue weighted by Gasteiger charge is 2.25. The van der Waals surface area contributed by atoms with Gasteiger partial charge in [0.05, 0.1) is 26.9 Å². The molecule has 6 nitrogen and oxygen atoms in total. The molecular formula is C19H22N2O4. The lowest BCUT2D eigenvalue weighted by Crippen LogP contribution is -2.37. The lowest BCUT2D eigenvalue weighted by Gasteiger charge is -2.26. The Kier molecular flexibility index (Phi) is 5.50. The average Bonchev–Trinajstić information content (AvgIpc) is 3.19. The van der Waals surface area contributed by atoms with E-state index in [4.69, 9.17) is 14.2 Å². The fourth-order valence-corrected chi connectivity index (χ4v) is 2.95. The number of hydrogen-bond acceptors (Lipinski definition) is 5. The smallest absolute Gasteiger partial charge is 0.258 e. The highest BCUT2D eigenvalue weighted by atomic mass is 16.5. The summed E-state index contributed by atoms with van der Waals surface area (Å²) in [6.07, 6.45) is 5.40. The van der Waals surface area contributed by atoms with Crippen LogP contribution < -0.4 is 14.4 Å². The molecule has 0 N–H and O–H groups in total. The molecule has 0 aliphatic carbocycles. The molecule has 1 aromatic carbocycles.